The molecule has 0 amide bonds. The third-order valence-electron chi connectivity index (χ3n) is 8.25. The van der Waals surface area contributed by atoms with Crippen molar-refractivity contribution in [2.75, 3.05) is 0 Å². The van der Waals surface area contributed by atoms with Crippen molar-refractivity contribution in [1.82, 2.24) is 0 Å². The van der Waals surface area contributed by atoms with Crippen LogP contribution in [0, 0.1) is 0 Å². The molecule has 0 aliphatic heterocycles. The molecule has 1 heterocycles. The van der Waals surface area contributed by atoms with Gasteiger partial charge in [0.05, 0.1) is 34.3 Å². The molecule has 1 nitrogen and oxygen atoms in total. The van der Waals surface area contributed by atoms with Crippen molar-refractivity contribution in [2.24, 2.45) is 0 Å². The van der Waals surface area contributed by atoms with E-state index in [4.69, 9.17) is 30.5 Å². The highest BCUT2D eigenvalue weighted by atomic mass is 16.3. The van der Waals surface area contributed by atoms with Gasteiger partial charge >= 0.3 is 0 Å². The smallest absolute Gasteiger partial charge is 0.135 e. The van der Waals surface area contributed by atoms with Crippen LogP contribution < -0.4 is 0 Å². The highest BCUT2D eigenvalue weighted by Crippen LogP contribution is 2.50. The van der Waals surface area contributed by atoms with Gasteiger partial charge in [-0.25, -0.2) is 0 Å². The Bertz CT molecular complexity index is 4270. The fourth-order valence-corrected chi connectivity index (χ4v) is 6.12. The van der Waals surface area contributed by atoms with E-state index in [1.165, 1.54) is 0 Å². The SMILES string of the molecule is [2H]c1c(-c2c([2H])c([2H])c(-c3c4c([2H])c([2H])c([2H])c([2H])c4c(-c4c([2H])c([2H])c5oc6c([2H])c([2H])c([2H])c([2H])c6c5c4[2H])c4c([2H])c([2H])c([2H])c([2H])c34)c([2H])c2[2H])cc2c(c1[2H])-c1c([2H])c([2H])c([2H])c([2H])c1C2(C([2H])([2H])[2H])C([2H])([2H])[2H]. The van der Waals surface area contributed by atoms with Gasteiger partial charge in [-0.1, -0.05) is 147 Å². The standard InChI is InChI=1S/C47H32O/c1-47(2)41-17-9-7-11-33(41)34-25-23-31(28-42(34)47)29-19-21-30(22-20-29)45-36-13-3-5-15-38(36)46(39-16-6-4-14-37(39)45)32-24-26-44-40(27-32)35-12-8-10-18-43(35)48-44/h3-28H,1-2H3/i1D3,2D3,3D,4D,5D,6D,7D,8D,9D,10D,11D,12D,13D,14D,15D,16D,17D,18D,19D,20D,21D,22D,23D,24D,25D,26D,27D. The van der Waals surface area contributed by atoms with Crippen LogP contribution in [-0.2, 0) is 5.41 Å². The summed E-state index contributed by atoms with van der Waals surface area (Å²) in [5, 5.41) is -4.06. The van der Waals surface area contributed by atoms with Crippen molar-refractivity contribution in [3.05, 3.63) is 168 Å². The Morgan fingerprint density at radius 1 is 0.438 bits per heavy atom. The summed E-state index contributed by atoms with van der Waals surface area (Å²) < 4.78 is 284. The number of para-hydroxylation sites is 1. The van der Waals surface area contributed by atoms with Gasteiger partial charge in [0.15, 0.2) is 0 Å². The van der Waals surface area contributed by atoms with Crippen LogP contribution >= 0.6 is 0 Å². The zero-order valence-corrected chi connectivity index (χ0v) is 24.0. The second kappa shape index (κ2) is 10.0. The molecular formula is C47H32O. The van der Waals surface area contributed by atoms with E-state index in [0.29, 0.717) is 6.07 Å². The highest BCUT2D eigenvalue weighted by Gasteiger charge is 2.35. The minimum Gasteiger partial charge on any atom is -0.456 e. The zero-order valence-electron chi connectivity index (χ0n) is 55.0. The van der Waals surface area contributed by atoms with Gasteiger partial charge in [-0.15, -0.1) is 0 Å². The van der Waals surface area contributed by atoms with Crippen molar-refractivity contribution in [3.8, 4) is 44.5 Å². The van der Waals surface area contributed by atoms with Crippen LogP contribution in [0.4, 0.5) is 0 Å². The Morgan fingerprint density at radius 2 is 0.958 bits per heavy atom. The summed E-state index contributed by atoms with van der Waals surface area (Å²) in [5.41, 5.74) is -12.7. The predicted octanol–water partition coefficient (Wildman–Crippen LogP) is 13.2. The van der Waals surface area contributed by atoms with Crippen molar-refractivity contribution in [2.45, 2.75) is 19.1 Å². The van der Waals surface area contributed by atoms with Crippen LogP contribution in [0.15, 0.2) is 162 Å². The summed E-state index contributed by atoms with van der Waals surface area (Å²) in [6.45, 7) is -7.49. The molecule has 1 aliphatic carbocycles. The molecule has 9 aromatic rings. The molecule has 0 spiro atoms. The molecule has 0 unspecified atom stereocenters. The highest BCUT2D eigenvalue weighted by molar-refractivity contribution is 6.22. The fraction of sp³-hybridized carbons (Fsp3) is 0.0638. The molecule has 1 heteroatoms. The second-order valence-electron chi connectivity index (χ2n) is 10.9. The van der Waals surface area contributed by atoms with E-state index >= 15 is 0 Å². The number of furan rings is 1. The van der Waals surface area contributed by atoms with E-state index < -0.39 is 269 Å². The minimum atomic E-state index is -3.74. The van der Waals surface area contributed by atoms with E-state index in [9.17, 15) is 16.4 Å². The van der Waals surface area contributed by atoms with Crippen LogP contribution in [0.1, 0.15) is 67.3 Å². The Hall–Kier alpha value is -5.92. The Kier molecular flexibility index (Phi) is 2.20. The van der Waals surface area contributed by atoms with Gasteiger partial charge in [-0.3, -0.25) is 0 Å². The summed E-state index contributed by atoms with van der Waals surface area (Å²) in [6.07, 6.45) is 0. The summed E-state index contributed by atoms with van der Waals surface area (Å²) in [4.78, 5) is 0. The van der Waals surface area contributed by atoms with Gasteiger partial charge in [-0.05, 0) is 101 Å². The Balaban J connectivity index is 1.40. The fourth-order valence-electron chi connectivity index (χ4n) is 6.12. The molecular weight excluding hydrogens is 581 g/mol. The van der Waals surface area contributed by atoms with Gasteiger partial charge < -0.3 is 4.42 Å². The zero-order chi connectivity index (χ0) is 58.7. The maximum absolute atomic E-state index is 9.66. The maximum Gasteiger partial charge on any atom is 0.135 e. The summed E-state index contributed by atoms with van der Waals surface area (Å²) in [7, 11) is 0. The number of hydrogen-bond donors (Lipinski definition) is 0. The molecule has 10 rings (SSSR count). The maximum atomic E-state index is 9.66. The van der Waals surface area contributed by atoms with Gasteiger partial charge in [0.2, 0.25) is 0 Å². The molecule has 48 heavy (non-hydrogen) atoms. The summed E-state index contributed by atoms with van der Waals surface area (Å²) in [6, 6.07) is -24.0. The first-order valence-electron chi connectivity index (χ1n) is 29.7. The van der Waals surface area contributed by atoms with E-state index in [-0.39, 0.29) is 0 Å². The number of fused-ring (bicyclic) bond motifs is 8. The van der Waals surface area contributed by atoms with Crippen molar-refractivity contribution >= 4 is 43.5 Å². The van der Waals surface area contributed by atoms with Crippen molar-refractivity contribution in [1.29, 1.82) is 0 Å². The molecule has 0 saturated heterocycles. The van der Waals surface area contributed by atoms with E-state index in [1.807, 2.05) is 0 Å². The van der Waals surface area contributed by atoms with Gasteiger partial charge in [-0.2, -0.15) is 0 Å². The number of rotatable bonds is 3. The monoisotopic (exact) mass is 643 g/mol. The molecule has 0 bridgehead atoms. The molecule has 0 fully saturated rings. The lowest BCUT2D eigenvalue weighted by atomic mass is 9.81. The lowest BCUT2D eigenvalue weighted by Crippen LogP contribution is -2.14. The van der Waals surface area contributed by atoms with Crippen LogP contribution in [0.2, 0.25) is 0 Å². The van der Waals surface area contributed by atoms with Gasteiger partial charge in [0.1, 0.15) is 11.2 Å². The first-order valence-corrected chi connectivity index (χ1v) is 14.2. The van der Waals surface area contributed by atoms with E-state index in [1.54, 1.807) is 0 Å². The third-order valence-corrected chi connectivity index (χ3v) is 8.25. The first-order chi connectivity index (χ1) is 36.5. The third kappa shape index (κ3) is 3.85. The average Bonchev–Trinajstić information content (AvgIpc) is 2.27. The van der Waals surface area contributed by atoms with Crippen molar-refractivity contribution in [3.63, 3.8) is 0 Å². The lowest BCUT2D eigenvalue weighted by Gasteiger charge is -2.22. The largest absolute Gasteiger partial charge is 0.456 e. The molecule has 0 saturated carbocycles. The Morgan fingerprint density at radius 3 is 1.67 bits per heavy atom. The van der Waals surface area contributed by atoms with Gasteiger partial charge in [0, 0.05) is 24.4 Å². The van der Waals surface area contributed by atoms with E-state index in [0.717, 1.165) is 0 Å². The van der Waals surface area contributed by atoms with E-state index in [2.05, 4.69) is 0 Å². The van der Waals surface area contributed by atoms with Crippen molar-refractivity contribution < 1.29 is 46.9 Å². The minimum absolute atomic E-state index is 0.450. The normalized spacial score (nSPS) is 23.0. The number of benzene rings is 8. The molecule has 1 aliphatic rings. The average molecular weight is 644 g/mol. The summed E-state index contributed by atoms with van der Waals surface area (Å²) >= 11 is 0. The quantitative estimate of drug-likeness (QED) is 0.175. The number of hydrogen-bond acceptors (Lipinski definition) is 1. The molecule has 226 valence electrons. The van der Waals surface area contributed by atoms with Gasteiger partial charge in [0.25, 0.3) is 0 Å². The topological polar surface area (TPSA) is 13.1 Å². The molecule has 1 aromatic heterocycles. The van der Waals surface area contributed by atoms with Crippen LogP contribution in [0.25, 0.3) is 88.0 Å². The second-order valence-corrected chi connectivity index (χ2v) is 10.9. The molecule has 0 atom stereocenters. The molecule has 0 N–H and O–H groups in total. The van der Waals surface area contributed by atoms with Crippen LogP contribution in [-0.4, -0.2) is 0 Å². The lowest BCUT2D eigenvalue weighted by molar-refractivity contribution is 0.660. The predicted molar refractivity (Wildman–Crippen MR) is 203 cm³/mol. The molecule has 8 aromatic carbocycles. The van der Waals surface area contributed by atoms with Crippen LogP contribution in [0.5, 0.6) is 0 Å². The summed E-state index contributed by atoms with van der Waals surface area (Å²) in [5.74, 6) is 0. The molecule has 0 radical (unpaired) electrons. The first kappa shape index (κ1) is 10.5. The Labute approximate surface area is 323 Å². The van der Waals surface area contributed by atoms with Crippen LogP contribution in [0.3, 0.4) is 0 Å².